The molecule has 0 aliphatic carbocycles. The van der Waals surface area contributed by atoms with E-state index < -0.39 is 11.9 Å². The molecule has 1 atom stereocenters. The molecule has 1 amide bonds. The molecule has 0 aromatic heterocycles. The van der Waals surface area contributed by atoms with Crippen molar-refractivity contribution in [3.05, 3.63) is 53.3 Å². The zero-order valence-corrected chi connectivity index (χ0v) is 14.7. The fourth-order valence-corrected chi connectivity index (χ4v) is 2.55. The predicted octanol–water partition coefficient (Wildman–Crippen LogP) is 3.36. The average molecular weight is 361 g/mol. The van der Waals surface area contributed by atoms with E-state index in [0.29, 0.717) is 12.0 Å². The molecule has 1 unspecified atom stereocenters. The van der Waals surface area contributed by atoms with Crippen LogP contribution in [0.25, 0.3) is 0 Å². The molecule has 0 aliphatic rings. The number of anilines is 1. The van der Waals surface area contributed by atoms with Gasteiger partial charge in [0, 0.05) is 5.92 Å². The molecular formula is C19H20FNO5. The molecule has 0 saturated carbocycles. The lowest BCUT2D eigenvalue weighted by Crippen LogP contribution is -2.23. The molecule has 0 aliphatic heterocycles. The summed E-state index contributed by atoms with van der Waals surface area (Å²) in [7, 11) is 2.77. The number of carboxylic acid groups (broad SMARTS) is 1. The van der Waals surface area contributed by atoms with Gasteiger partial charge in [0.2, 0.25) is 5.91 Å². The van der Waals surface area contributed by atoms with Crippen molar-refractivity contribution in [3.8, 4) is 11.5 Å². The van der Waals surface area contributed by atoms with Crippen LogP contribution >= 0.6 is 0 Å². The highest BCUT2D eigenvalue weighted by atomic mass is 19.1. The largest absolute Gasteiger partial charge is 0.493 e. The van der Waals surface area contributed by atoms with Gasteiger partial charge < -0.3 is 19.9 Å². The Hall–Kier alpha value is -3.09. The van der Waals surface area contributed by atoms with E-state index in [4.69, 9.17) is 9.47 Å². The van der Waals surface area contributed by atoms with Crippen LogP contribution in [0.3, 0.4) is 0 Å². The van der Waals surface area contributed by atoms with Crippen molar-refractivity contribution in [2.75, 3.05) is 19.5 Å². The maximum absolute atomic E-state index is 13.3. The second kappa shape index (κ2) is 8.33. The minimum absolute atomic E-state index is 0.0456. The van der Waals surface area contributed by atoms with Crippen molar-refractivity contribution in [2.24, 2.45) is 5.92 Å². The van der Waals surface area contributed by atoms with Gasteiger partial charge in [0.1, 0.15) is 5.82 Å². The lowest BCUT2D eigenvalue weighted by atomic mass is 10.00. The van der Waals surface area contributed by atoms with Crippen molar-refractivity contribution in [2.45, 2.75) is 13.3 Å². The quantitative estimate of drug-likeness (QED) is 0.790. The molecule has 0 bridgehead atoms. The maximum Gasteiger partial charge on any atom is 0.335 e. The minimum Gasteiger partial charge on any atom is -0.493 e. The number of carbonyl (C=O) groups excluding carboxylic acids is 1. The van der Waals surface area contributed by atoms with Crippen LogP contribution in [0.15, 0.2) is 36.4 Å². The number of amides is 1. The first-order chi connectivity index (χ1) is 12.3. The second-order valence-corrected chi connectivity index (χ2v) is 5.79. The predicted molar refractivity (Wildman–Crippen MR) is 94.4 cm³/mol. The van der Waals surface area contributed by atoms with E-state index in [1.807, 2.05) is 0 Å². The van der Waals surface area contributed by atoms with Crippen LogP contribution in [0.5, 0.6) is 11.5 Å². The summed E-state index contributed by atoms with van der Waals surface area (Å²) in [6.45, 7) is 1.70. The molecular weight excluding hydrogens is 341 g/mol. The van der Waals surface area contributed by atoms with Crippen molar-refractivity contribution in [1.82, 2.24) is 0 Å². The molecule has 2 N–H and O–H groups in total. The van der Waals surface area contributed by atoms with Crippen molar-refractivity contribution >= 4 is 17.6 Å². The van der Waals surface area contributed by atoms with Gasteiger partial charge in [-0.25, -0.2) is 9.18 Å². The monoisotopic (exact) mass is 361 g/mol. The SMILES string of the molecule is COc1cc(C(=O)O)cc(NC(=O)C(C)Cc2cccc(F)c2)c1OC. The summed E-state index contributed by atoms with van der Waals surface area (Å²) in [5.41, 5.74) is 0.840. The molecule has 2 aromatic carbocycles. The molecule has 26 heavy (non-hydrogen) atoms. The van der Waals surface area contributed by atoms with Crippen molar-refractivity contribution in [3.63, 3.8) is 0 Å². The van der Waals surface area contributed by atoms with E-state index in [9.17, 15) is 19.1 Å². The number of benzene rings is 2. The molecule has 0 saturated heterocycles. The average Bonchev–Trinajstić information content (AvgIpc) is 2.60. The number of hydrogen-bond donors (Lipinski definition) is 2. The topological polar surface area (TPSA) is 84.9 Å². The van der Waals surface area contributed by atoms with E-state index in [2.05, 4.69) is 5.32 Å². The van der Waals surface area contributed by atoms with Crippen LogP contribution in [-0.2, 0) is 11.2 Å². The van der Waals surface area contributed by atoms with Gasteiger partial charge in [-0.2, -0.15) is 0 Å². The number of hydrogen-bond acceptors (Lipinski definition) is 4. The number of carbonyl (C=O) groups is 2. The molecule has 0 spiro atoms. The number of carboxylic acids is 1. The first kappa shape index (κ1) is 19.2. The van der Waals surface area contributed by atoms with E-state index >= 15 is 0 Å². The lowest BCUT2D eigenvalue weighted by Gasteiger charge is -2.17. The number of rotatable bonds is 7. The summed E-state index contributed by atoms with van der Waals surface area (Å²) < 4.78 is 23.7. The Labute approximate surface area is 150 Å². The first-order valence-corrected chi connectivity index (χ1v) is 7.90. The zero-order valence-electron chi connectivity index (χ0n) is 14.7. The van der Waals surface area contributed by atoms with Crippen molar-refractivity contribution < 1.29 is 28.6 Å². The van der Waals surface area contributed by atoms with Gasteiger partial charge >= 0.3 is 5.97 Å². The standard InChI is InChI=1S/C19H20FNO5/c1-11(7-12-5-4-6-14(20)8-12)18(22)21-15-9-13(19(23)24)10-16(25-2)17(15)26-3/h4-6,8-11H,7H2,1-3H3,(H,21,22)(H,23,24). The second-order valence-electron chi connectivity index (χ2n) is 5.79. The molecule has 138 valence electrons. The van der Waals surface area contributed by atoms with Gasteiger partial charge in [-0.05, 0) is 36.2 Å². The van der Waals surface area contributed by atoms with Crippen LogP contribution in [0.4, 0.5) is 10.1 Å². The summed E-state index contributed by atoms with van der Waals surface area (Å²) in [6, 6.07) is 8.64. The maximum atomic E-state index is 13.3. The van der Waals surface area contributed by atoms with Gasteiger partial charge in [0.25, 0.3) is 0 Å². The smallest absolute Gasteiger partial charge is 0.335 e. The summed E-state index contributed by atoms with van der Waals surface area (Å²) in [5.74, 6) is -1.92. The Morgan fingerprint density at radius 1 is 1.19 bits per heavy atom. The number of methoxy groups -OCH3 is 2. The summed E-state index contributed by atoms with van der Waals surface area (Å²) in [6.07, 6.45) is 0.335. The zero-order chi connectivity index (χ0) is 19.3. The summed E-state index contributed by atoms with van der Waals surface area (Å²) >= 11 is 0. The van der Waals surface area contributed by atoms with Crippen LogP contribution in [0.1, 0.15) is 22.8 Å². The normalized spacial score (nSPS) is 11.5. The summed E-state index contributed by atoms with van der Waals surface area (Å²) in [4.78, 5) is 23.8. The van der Waals surface area contributed by atoms with Crippen LogP contribution in [-0.4, -0.2) is 31.2 Å². The number of nitrogens with one attached hydrogen (secondary N) is 1. The molecule has 2 aromatic rings. The molecule has 0 radical (unpaired) electrons. The Balaban J connectivity index is 2.24. The third-order valence-corrected chi connectivity index (χ3v) is 3.86. The third kappa shape index (κ3) is 4.50. The summed E-state index contributed by atoms with van der Waals surface area (Å²) in [5, 5.41) is 11.9. The molecule has 0 fully saturated rings. The number of halogens is 1. The van der Waals surface area contributed by atoms with E-state index in [1.54, 1.807) is 19.1 Å². The van der Waals surface area contributed by atoms with Crippen LogP contribution in [0.2, 0.25) is 0 Å². The van der Waals surface area contributed by atoms with Crippen LogP contribution < -0.4 is 14.8 Å². The third-order valence-electron chi connectivity index (χ3n) is 3.86. The molecule has 7 heteroatoms. The Kier molecular flexibility index (Phi) is 6.16. The Bertz CT molecular complexity index is 822. The van der Waals surface area contributed by atoms with Crippen LogP contribution in [0, 0.1) is 11.7 Å². The molecule has 0 heterocycles. The van der Waals surface area contributed by atoms with Gasteiger partial charge in [0.15, 0.2) is 11.5 Å². The fourth-order valence-electron chi connectivity index (χ4n) is 2.55. The number of ether oxygens (including phenoxy) is 2. The first-order valence-electron chi connectivity index (χ1n) is 7.90. The Morgan fingerprint density at radius 2 is 1.92 bits per heavy atom. The number of aromatic carboxylic acids is 1. The Morgan fingerprint density at radius 3 is 2.50 bits per heavy atom. The van der Waals surface area contributed by atoms with Gasteiger partial charge in [-0.1, -0.05) is 19.1 Å². The van der Waals surface area contributed by atoms with Gasteiger partial charge in [-0.15, -0.1) is 0 Å². The van der Waals surface area contributed by atoms with Gasteiger partial charge in [0.05, 0.1) is 25.5 Å². The van der Waals surface area contributed by atoms with E-state index in [0.717, 1.165) is 0 Å². The van der Waals surface area contributed by atoms with E-state index in [-0.39, 0.29) is 34.5 Å². The van der Waals surface area contributed by atoms with Crippen molar-refractivity contribution in [1.29, 1.82) is 0 Å². The molecule has 6 nitrogen and oxygen atoms in total. The minimum atomic E-state index is -1.16. The van der Waals surface area contributed by atoms with Gasteiger partial charge in [-0.3, -0.25) is 4.79 Å². The fraction of sp³-hybridized carbons (Fsp3) is 0.263. The highest BCUT2D eigenvalue weighted by molar-refractivity contribution is 5.97. The lowest BCUT2D eigenvalue weighted by molar-refractivity contribution is -0.119. The highest BCUT2D eigenvalue weighted by Gasteiger charge is 2.20. The van der Waals surface area contributed by atoms with E-state index in [1.165, 1.54) is 38.5 Å². The molecule has 2 rings (SSSR count). The highest BCUT2D eigenvalue weighted by Crippen LogP contribution is 2.37.